The number of aromatic hydroxyl groups is 1. The zero-order chi connectivity index (χ0) is 15.7. The van der Waals surface area contributed by atoms with Gasteiger partial charge in [-0.1, -0.05) is 30.3 Å². The first-order chi connectivity index (χ1) is 10.7. The third-order valence-electron chi connectivity index (χ3n) is 3.40. The van der Waals surface area contributed by atoms with Crippen LogP contribution in [0.4, 0.5) is 0 Å². The molecule has 0 saturated carbocycles. The number of hydrogen-bond donors (Lipinski definition) is 1. The van der Waals surface area contributed by atoms with Gasteiger partial charge in [0.1, 0.15) is 5.76 Å². The molecule has 1 N–H and O–H groups in total. The third-order valence-corrected chi connectivity index (χ3v) is 3.40. The molecule has 0 aliphatic carbocycles. The Kier molecular flexibility index (Phi) is 3.47. The molecule has 0 fully saturated rings. The lowest BCUT2D eigenvalue weighted by atomic mass is 10.1. The zero-order valence-corrected chi connectivity index (χ0v) is 12.1. The molecule has 1 aromatic heterocycles. The van der Waals surface area contributed by atoms with E-state index >= 15 is 0 Å². The summed E-state index contributed by atoms with van der Waals surface area (Å²) >= 11 is 0. The van der Waals surface area contributed by atoms with Crippen molar-refractivity contribution < 1.29 is 19.0 Å². The molecule has 0 radical (unpaired) electrons. The molecule has 0 unspecified atom stereocenters. The standard InChI is InChI=1S/C17H14O5/c1-20-14-8-11-12(18)9-13(10-6-4-3-5-7-10)22-16(11)17(21-2)15(14)19/h3-9,19H,1-2H3. The van der Waals surface area contributed by atoms with Crippen LogP contribution in [0.5, 0.6) is 17.2 Å². The van der Waals surface area contributed by atoms with Crippen LogP contribution in [0.3, 0.4) is 0 Å². The fourth-order valence-electron chi connectivity index (χ4n) is 2.32. The van der Waals surface area contributed by atoms with E-state index in [4.69, 9.17) is 13.9 Å². The molecule has 3 rings (SSSR count). The summed E-state index contributed by atoms with van der Waals surface area (Å²) in [6.45, 7) is 0. The van der Waals surface area contributed by atoms with Crippen LogP contribution in [0.25, 0.3) is 22.3 Å². The maximum absolute atomic E-state index is 12.4. The molecule has 0 aliphatic rings. The van der Waals surface area contributed by atoms with Crippen LogP contribution in [-0.2, 0) is 0 Å². The number of fused-ring (bicyclic) bond motifs is 1. The maximum atomic E-state index is 12.4. The highest BCUT2D eigenvalue weighted by Gasteiger charge is 2.19. The molecule has 0 atom stereocenters. The van der Waals surface area contributed by atoms with E-state index in [0.29, 0.717) is 5.76 Å². The van der Waals surface area contributed by atoms with E-state index in [1.807, 2.05) is 30.3 Å². The highest BCUT2D eigenvalue weighted by atomic mass is 16.5. The van der Waals surface area contributed by atoms with Gasteiger partial charge < -0.3 is 19.0 Å². The van der Waals surface area contributed by atoms with E-state index in [1.165, 1.54) is 26.4 Å². The van der Waals surface area contributed by atoms with Gasteiger partial charge in [0.25, 0.3) is 0 Å². The molecule has 0 spiro atoms. The Morgan fingerprint density at radius 1 is 1.05 bits per heavy atom. The SMILES string of the molecule is COc1cc2c(=O)cc(-c3ccccc3)oc2c(OC)c1O. The Hall–Kier alpha value is -2.95. The van der Waals surface area contributed by atoms with Crippen molar-refractivity contribution in [2.45, 2.75) is 0 Å². The van der Waals surface area contributed by atoms with E-state index in [9.17, 15) is 9.90 Å². The second-order valence-corrected chi connectivity index (χ2v) is 4.68. The molecule has 0 saturated heterocycles. The van der Waals surface area contributed by atoms with Gasteiger partial charge in [0.2, 0.25) is 11.5 Å². The van der Waals surface area contributed by atoms with Gasteiger partial charge in [-0.2, -0.15) is 0 Å². The van der Waals surface area contributed by atoms with Gasteiger partial charge in [-0.3, -0.25) is 4.79 Å². The van der Waals surface area contributed by atoms with Gasteiger partial charge >= 0.3 is 0 Å². The summed E-state index contributed by atoms with van der Waals surface area (Å²) in [6, 6.07) is 12.1. The fraction of sp³-hybridized carbons (Fsp3) is 0.118. The quantitative estimate of drug-likeness (QED) is 0.804. The number of methoxy groups -OCH3 is 2. The largest absolute Gasteiger partial charge is 0.502 e. The van der Waals surface area contributed by atoms with Crippen LogP contribution in [-0.4, -0.2) is 19.3 Å². The molecule has 0 bridgehead atoms. The van der Waals surface area contributed by atoms with E-state index in [1.54, 1.807) is 0 Å². The summed E-state index contributed by atoms with van der Waals surface area (Å²) in [5.41, 5.74) is 0.711. The Bertz CT molecular complexity index is 881. The van der Waals surface area contributed by atoms with E-state index < -0.39 is 0 Å². The average Bonchev–Trinajstić information content (AvgIpc) is 2.55. The van der Waals surface area contributed by atoms with Gasteiger partial charge in [-0.05, 0) is 6.07 Å². The Morgan fingerprint density at radius 2 is 1.77 bits per heavy atom. The summed E-state index contributed by atoms with van der Waals surface area (Å²) in [6.07, 6.45) is 0. The van der Waals surface area contributed by atoms with Crippen molar-refractivity contribution in [3.63, 3.8) is 0 Å². The average molecular weight is 298 g/mol. The van der Waals surface area contributed by atoms with Crippen LogP contribution in [0, 0.1) is 0 Å². The number of hydrogen-bond acceptors (Lipinski definition) is 5. The molecule has 5 heteroatoms. The van der Waals surface area contributed by atoms with Crippen LogP contribution in [0.2, 0.25) is 0 Å². The minimum Gasteiger partial charge on any atom is -0.502 e. The van der Waals surface area contributed by atoms with Crippen LogP contribution >= 0.6 is 0 Å². The lowest BCUT2D eigenvalue weighted by Gasteiger charge is -2.11. The van der Waals surface area contributed by atoms with Crippen molar-refractivity contribution in [2.24, 2.45) is 0 Å². The van der Waals surface area contributed by atoms with Gasteiger partial charge in [-0.15, -0.1) is 0 Å². The minimum absolute atomic E-state index is 0.0734. The van der Waals surface area contributed by atoms with Crippen molar-refractivity contribution in [1.29, 1.82) is 0 Å². The molecule has 0 amide bonds. The lowest BCUT2D eigenvalue weighted by Crippen LogP contribution is -2.02. The van der Waals surface area contributed by atoms with E-state index in [-0.39, 0.29) is 33.6 Å². The predicted molar refractivity (Wildman–Crippen MR) is 82.7 cm³/mol. The Morgan fingerprint density at radius 3 is 2.41 bits per heavy atom. The van der Waals surface area contributed by atoms with Gasteiger partial charge in [0.15, 0.2) is 16.8 Å². The molecule has 112 valence electrons. The van der Waals surface area contributed by atoms with Crippen LogP contribution < -0.4 is 14.9 Å². The van der Waals surface area contributed by atoms with Gasteiger partial charge in [0, 0.05) is 11.6 Å². The molecule has 3 aromatic rings. The van der Waals surface area contributed by atoms with Crippen LogP contribution in [0.15, 0.2) is 51.7 Å². The lowest BCUT2D eigenvalue weighted by molar-refractivity contribution is 0.339. The smallest absolute Gasteiger partial charge is 0.208 e. The first-order valence-electron chi connectivity index (χ1n) is 6.63. The van der Waals surface area contributed by atoms with Crippen molar-refractivity contribution >= 4 is 11.0 Å². The van der Waals surface area contributed by atoms with E-state index in [2.05, 4.69) is 0 Å². The molecule has 22 heavy (non-hydrogen) atoms. The maximum Gasteiger partial charge on any atom is 0.208 e. The first-order valence-corrected chi connectivity index (χ1v) is 6.63. The van der Waals surface area contributed by atoms with Gasteiger partial charge in [0.05, 0.1) is 19.6 Å². The van der Waals surface area contributed by atoms with Crippen molar-refractivity contribution in [2.75, 3.05) is 14.2 Å². The van der Waals surface area contributed by atoms with E-state index in [0.717, 1.165) is 5.56 Å². The summed E-state index contributed by atoms with van der Waals surface area (Å²) in [5, 5.41) is 10.4. The molecular weight excluding hydrogens is 284 g/mol. The second-order valence-electron chi connectivity index (χ2n) is 4.68. The van der Waals surface area contributed by atoms with Crippen molar-refractivity contribution in [1.82, 2.24) is 0 Å². The third kappa shape index (κ3) is 2.16. The van der Waals surface area contributed by atoms with Crippen LogP contribution in [0.1, 0.15) is 0 Å². The fourth-order valence-corrected chi connectivity index (χ4v) is 2.32. The Labute approximate surface area is 126 Å². The molecule has 0 aliphatic heterocycles. The second kappa shape index (κ2) is 5.44. The van der Waals surface area contributed by atoms with Gasteiger partial charge in [-0.25, -0.2) is 0 Å². The highest BCUT2D eigenvalue weighted by Crippen LogP contribution is 2.42. The summed E-state index contributed by atoms with van der Waals surface area (Å²) in [7, 11) is 2.80. The first kappa shape index (κ1) is 14.0. The normalized spacial score (nSPS) is 10.6. The molecule has 1 heterocycles. The monoisotopic (exact) mass is 298 g/mol. The number of ether oxygens (including phenoxy) is 2. The molecule has 2 aromatic carbocycles. The topological polar surface area (TPSA) is 68.9 Å². The Balaban J connectivity index is 2.37. The number of benzene rings is 2. The predicted octanol–water partition coefficient (Wildman–Crippen LogP) is 3.18. The molecule has 5 nitrogen and oxygen atoms in total. The van der Waals surface area contributed by atoms with Crippen molar-refractivity contribution in [3.8, 4) is 28.6 Å². The van der Waals surface area contributed by atoms with Crippen molar-refractivity contribution in [3.05, 3.63) is 52.7 Å². The summed E-state index contributed by atoms with van der Waals surface area (Å²) < 4.78 is 16.0. The highest BCUT2D eigenvalue weighted by molar-refractivity contribution is 5.89. The zero-order valence-electron chi connectivity index (χ0n) is 12.1. The number of phenolic OH excluding ortho intramolecular Hbond substituents is 1. The summed E-state index contributed by atoms with van der Waals surface area (Å²) in [4.78, 5) is 12.4. The molecular formula is C17H14O5. The minimum atomic E-state index is -0.239. The number of phenols is 1. The number of rotatable bonds is 3. The summed E-state index contributed by atoms with van der Waals surface area (Å²) in [5.74, 6) is 0.431.